The summed E-state index contributed by atoms with van der Waals surface area (Å²) in [5, 5.41) is 3.57. The van der Waals surface area contributed by atoms with Gasteiger partial charge < -0.3 is 10.2 Å². The van der Waals surface area contributed by atoms with Gasteiger partial charge in [0.05, 0.1) is 0 Å². The lowest BCUT2D eigenvalue weighted by atomic mass is 10.1. The molecule has 1 fully saturated rings. The van der Waals surface area contributed by atoms with Crippen LogP contribution in [0.15, 0.2) is 22.7 Å². The molecule has 1 aromatic rings. The Morgan fingerprint density at radius 2 is 2.10 bits per heavy atom. The SMILES string of the molecule is CCN(CC1CC1)c1ccc(Br)cc1CNCC(C)C. The average molecular weight is 339 g/mol. The molecular formula is C17H27BrN2. The van der Waals surface area contributed by atoms with Crippen LogP contribution in [-0.4, -0.2) is 19.6 Å². The van der Waals surface area contributed by atoms with Crippen LogP contribution in [0.25, 0.3) is 0 Å². The summed E-state index contributed by atoms with van der Waals surface area (Å²) in [7, 11) is 0. The van der Waals surface area contributed by atoms with E-state index < -0.39 is 0 Å². The van der Waals surface area contributed by atoms with Crippen molar-refractivity contribution in [3.05, 3.63) is 28.2 Å². The molecule has 1 aliphatic carbocycles. The lowest BCUT2D eigenvalue weighted by Gasteiger charge is -2.26. The Morgan fingerprint density at radius 1 is 1.35 bits per heavy atom. The maximum absolute atomic E-state index is 3.61. The van der Waals surface area contributed by atoms with E-state index in [4.69, 9.17) is 0 Å². The monoisotopic (exact) mass is 338 g/mol. The molecule has 0 amide bonds. The maximum atomic E-state index is 3.61. The van der Waals surface area contributed by atoms with E-state index in [1.165, 1.54) is 35.1 Å². The minimum atomic E-state index is 0.694. The van der Waals surface area contributed by atoms with Crippen molar-refractivity contribution in [3.8, 4) is 0 Å². The van der Waals surface area contributed by atoms with Crippen molar-refractivity contribution >= 4 is 21.6 Å². The summed E-state index contributed by atoms with van der Waals surface area (Å²) in [6, 6.07) is 6.69. The number of nitrogens with zero attached hydrogens (tertiary/aromatic N) is 1. The summed E-state index contributed by atoms with van der Waals surface area (Å²) < 4.78 is 1.17. The molecule has 0 heterocycles. The number of nitrogens with one attached hydrogen (secondary N) is 1. The second-order valence-electron chi connectivity index (χ2n) is 6.28. The highest BCUT2D eigenvalue weighted by Crippen LogP contribution is 2.33. The van der Waals surface area contributed by atoms with Gasteiger partial charge in [-0.15, -0.1) is 0 Å². The van der Waals surface area contributed by atoms with Crippen molar-refractivity contribution in [1.29, 1.82) is 0 Å². The first kappa shape index (κ1) is 15.8. The Balaban J connectivity index is 2.08. The average Bonchev–Trinajstić information content (AvgIpc) is 3.20. The summed E-state index contributed by atoms with van der Waals surface area (Å²) in [6.45, 7) is 11.1. The third kappa shape index (κ3) is 4.78. The Labute approximate surface area is 132 Å². The lowest BCUT2D eigenvalue weighted by Crippen LogP contribution is -2.28. The van der Waals surface area contributed by atoms with Gasteiger partial charge in [-0.1, -0.05) is 29.8 Å². The van der Waals surface area contributed by atoms with Crippen molar-refractivity contribution in [2.45, 2.75) is 40.2 Å². The molecule has 0 spiro atoms. The molecule has 0 atom stereocenters. The Bertz CT molecular complexity index is 427. The molecule has 0 bridgehead atoms. The number of benzene rings is 1. The molecular weight excluding hydrogens is 312 g/mol. The Morgan fingerprint density at radius 3 is 2.70 bits per heavy atom. The molecule has 3 heteroatoms. The molecule has 0 saturated heterocycles. The Kier molecular flexibility index (Phi) is 5.91. The van der Waals surface area contributed by atoms with Gasteiger partial charge in [-0.05, 0) is 61.9 Å². The van der Waals surface area contributed by atoms with Gasteiger partial charge in [0.2, 0.25) is 0 Å². The van der Waals surface area contributed by atoms with E-state index >= 15 is 0 Å². The third-order valence-electron chi connectivity index (χ3n) is 3.81. The van der Waals surface area contributed by atoms with Crippen molar-refractivity contribution in [2.24, 2.45) is 11.8 Å². The zero-order valence-corrected chi connectivity index (χ0v) is 14.5. The summed E-state index contributed by atoms with van der Waals surface area (Å²) in [5.41, 5.74) is 2.81. The van der Waals surface area contributed by atoms with Crippen LogP contribution in [0.5, 0.6) is 0 Å². The topological polar surface area (TPSA) is 15.3 Å². The molecule has 0 radical (unpaired) electrons. The van der Waals surface area contributed by atoms with Crippen LogP contribution in [0.3, 0.4) is 0 Å². The molecule has 1 N–H and O–H groups in total. The van der Waals surface area contributed by atoms with Crippen molar-refractivity contribution < 1.29 is 0 Å². The van der Waals surface area contributed by atoms with Gasteiger partial charge in [-0.3, -0.25) is 0 Å². The van der Waals surface area contributed by atoms with Crippen LogP contribution < -0.4 is 10.2 Å². The number of anilines is 1. The van der Waals surface area contributed by atoms with E-state index in [-0.39, 0.29) is 0 Å². The molecule has 112 valence electrons. The quantitative estimate of drug-likeness (QED) is 0.754. The molecule has 2 nitrogen and oxygen atoms in total. The number of halogens is 1. The normalized spacial score (nSPS) is 14.8. The molecule has 1 aromatic carbocycles. The largest absolute Gasteiger partial charge is 0.371 e. The molecule has 0 aliphatic heterocycles. The highest BCUT2D eigenvalue weighted by atomic mass is 79.9. The first-order valence-electron chi connectivity index (χ1n) is 7.84. The van der Waals surface area contributed by atoms with Crippen molar-refractivity contribution in [1.82, 2.24) is 5.32 Å². The van der Waals surface area contributed by atoms with Gasteiger partial charge in [0, 0.05) is 29.8 Å². The van der Waals surface area contributed by atoms with Gasteiger partial charge in [0.25, 0.3) is 0 Å². The van der Waals surface area contributed by atoms with Gasteiger partial charge >= 0.3 is 0 Å². The van der Waals surface area contributed by atoms with E-state index in [1.807, 2.05) is 0 Å². The summed E-state index contributed by atoms with van der Waals surface area (Å²) in [5.74, 6) is 1.62. The van der Waals surface area contributed by atoms with Gasteiger partial charge in [-0.25, -0.2) is 0 Å². The van der Waals surface area contributed by atoms with Crippen molar-refractivity contribution in [2.75, 3.05) is 24.5 Å². The van der Waals surface area contributed by atoms with Crippen LogP contribution in [0.2, 0.25) is 0 Å². The minimum Gasteiger partial charge on any atom is -0.371 e. The van der Waals surface area contributed by atoms with Crippen molar-refractivity contribution in [3.63, 3.8) is 0 Å². The van der Waals surface area contributed by atoms with Gasteiger partial charge in [-0.2, -0.15) is 0 Å². The van der Waals surface area contributed by atoms with Crippen LogP contribution >= 0.6 is 15.9 Å². The van der Waals surface area contributed by atoms with Crippen LogP contribution in [-0.2, 0) is 6.54 Å². The highest BCUT2D eigenvalue weighted by Gasteiger charge is 2.24. The van der Waals surface area contributed by atoms with Gasteiger partial charge in [0.15, 0.2) is 0 Å². The highest BCUT2D eigenvalue weighted by molar-refractivity contribution is 9.10. The number of hydrogen-bond acceptors (Lipinski definition) is 2. The standard InChI is InChI=1S/C17H27BrN2/c1-4-20(12-14-5-6-14)17-8-7-16(18)9-15(17)11-19-10-13(2)3/h7-9,13-14,19H,4-6,10-12H2,1-3H3. The first-order valence-corrected chi connectivity index (χ1v) is 8.63. The molecule has 1 saturated carbocycles. The molecule has 1 aliphatic rings. The van der Waals surface area contributed by atoms with Crippen LogP contribution in [0.1, 0.15) is 39.2 Å². The zero-order chi connectivity index (χ0) is 14.5. The maximum Gasteiger partial charge on any atom is 0.0412 e. The smallest absolute Gasteiger partial charge is 0.0412 e. The molecule has 0 unspecified atom stereocenters. The fourth-order valence-corrected chi connectivity index (χ4v) is 2.92. The molecule has 2 rings (SSSR count). The summed E-state index contributed by atoms with van der Waals surface area (Å²) in [6.07, 6.45) is 2.82. The number of hydrogen-bond donors (Lipinski definition) is 1. The van der Waals surface area contributed by atoms with E-state index in [9.17, 15) is 0 Å². The second-order valence-corrected chi connectivity index (χ2v) is 7.20. The van der Waals surface area contributed by atoms with Crippen LogP contribution in [0, 0.1) is 11.8 Å². The van der Waals surface area contributed by atoms with Crippen LogP contribution in [0.4, 0.5) is 5.69 Å². The predicted octanol–water partition coefficient (Wildman–Crippen LogP) is 4.43. The second kappa shape index (κ2) is 7.46. The molecule has 20 heavy (non-hydrogen) atoms. The fourth-order valence-electron chi connectivity index (χ4n) is 2.51. The van der Waals surface area contributed by atoms with E-state index in [2.05, 4.69) is 65.1 Å². The van der Waals surface area contributed by atoms with E-state index in [1.54, 1.807) is 0 Å². The fraction of sp³-hybridized carbons (Fsp3) is 0.647. The summed E-state index contributed by atoms with van der Waals surface area (Å²) in [4.78, 5) is 2.54. The Hall–Kier alpha value is -0.540. The summed E-state index contributed by atoms with van der Waals surface area (Å²) >= 11 is 3.61. The minimum absolute atomic E-state index is 0.694. The van der Waals surface area contributed by atoms with E-state index in [0.717, 1.165) is 25.6 Å². The lowest BCUT2D eigenvalue weighted by molar-refractivity contribution is 0.551. The number of rotatable bonds is 8. The third-order valence-corrected chi connectivity index (χ3v) is 4.30. The predicted molar refractivity (Wildman–Crippen MR) is 91.3 cm³/mol. The van der Waals surface area contributed by atoms with Gasteiger partial charge in [0.1, 0.15) is 0 Å². The first-order chi connectivity index (χ1) is 9.60. The molecule has 0 aromatic heterocycles. The van der Waals surface area contributed by atoms with E-state index in [0.29, 0.717) is 5.92 Å². The zero-order valence-electron chi connectivity index (χ0n) is 13.0.